The minimum atomic E-state index is -0.741. The lowest BCUT2D eigenvalue weighted by atomic mass is 9.90. The lowest BCUT2D eigenvalue weighted by Crippen LogP contribution is -2.23. The fourth-order valence-corrected chi connectivity index (χ4v) is 6.30. The maximum Gasteiger partial charge on any atom is 0.412 e. The molecule has 3 heterocycles. The Morgan fingerprint density at radius 1 is 1.04 bits per heavy atom. The number of fused-ring (bicyclic) bond motifs is 4. The molecule has 0 aliphatic carbocycles. The highest BCUT2D eigenvalue weighted by atomic mass is 35.5. The Morgan fingerprint density at radius 3 is 2.43 bits per heavy atom. The summed E-state index contributed by atoms with van der Waals surface area (Å²) in [7, 11) is 6.10. The van der Waals surface area contributed by atoms with Crippen molar-refractivity contribution in [2.24, 2.45) is 7.05 Å². The number of amides is 1. The number of ether oxygens (including phenoxy) is 4. The number of carbonyl (C=O) groups is 2. The third-order valence-electron chi connectivity index (χ3n) is 8.28. The number of nitrogens with zero attached hydrogens (tertiary/aromatic N) is 3. The Morgan fingerprint density at radius 2 is 1.78 bits per heavy atom. The molecule has 13 nitrogen and oxygen atoms in total. The SMILES string of the molecule is COc1cc2cc(C(=O)C3CN(CCl)c4cc(NC(=O)OCc5ccc([N+](=O)[O-])n5C)c5ccccc5c43)[nH]c2c(OC)c1OC. The van der Waals surface area contributed by atoms with Gasteiger partial charge in [0.05, 0.1) is 57.2 Å². The van der Waals surface area contributed by atoms with Gasteiger partial charge in [-0.25, -0.2) is 9.36 Å². The van der Waals surface area contributed by atoms with Crippen molar-refractivity contribution in [2.75, 3.05) is 44.1 Å². The molecular formula is C32H30ClN5O8. The van der Waals surface area contributed by atoms with Crippen LogP contribution < -0.4 is 24.4 Å². The number of hydrogen-bond donors (Lipinski definition) is 2. The van der Waals surface area contributed by atoms with Crippen LogP contribution in [0.4, 0.5) is 22.0 Å². The third kappa shape index (κ3) is 5.08. The second-order valence-electron chi connectivity index (χ2n) is 10.7. The van der Waals surface area contributed by atoms with E-state index in [1.54, 1.807) is 18.2 Å². The Labute approximate surface area is 267 Å². The summed E-state index contributed by atoms with van der Waals surface area (Å²) in [5.41, 5.74) is 3.40. The molecule has 6 rings (SSSR count). The van der Waals surface area contributed by atoms with Crippen LogP contribution in [0, 0.1) is 10.1 Å². The summed E-state index contributed by atoms with van der Waals surface area (Å²) in [6.45, 7) is 0.150. The number of anilines is 2. The number of ketones is 1. The summed E-state index contributed by atoms with van der Waals surface area (Å²) in [4.78, 5) is 42.9. The van der Waals surface area contributed by atoms with Crippen molar-refractivity contribution in [1.82, 2.24) is 9.55 Å². The van der Waals surface area contributed by atoms with Crippen molar-refractivity contribution in [3.8, 4) is 17.2 Å². The number of alkyl halides is 1. The predicted octanol–water partition coefficient (Wildman–Crippen LogP) is 6.33. The molecule has 1 aliphatic heterocycles. The van der Waals surface area contributed by atoms with Gasteiger partial charge in [-0.3, -0.25) is 10.1 Å². The second-order valence-corrected chi connectivity index (χ2v) is 10.9. The maximum absolute atomic E-state index is 14.2. The molecular weight excluding hydrogens is 618 g/mol. The van der Waals surface area contributed by atoms with Crippen LogP contribution in [-0.2, 0) is 18.4 Å². The van der Waals surface area contributed by atoms with Gasteiger partial charge in [0.25, 0.3) is 0 Å². The highest BCUT2D eigenvalue weighted by Gasteiger charge is 2.37. The molecule has 2 N–H and O–H groups in total. The van der Waals surface area contributed by atoms with Crippen LogP contribution in [0.25, 0.3) is 21.7 Å². The van der Waals surface area contributed by atoms with Crippen LogP contribution in [0.1, 0.15) is 27.7 Å². The van der Waals surface area contributed by atoms with E-state index < -0.39 is 16.9 Å². The molecule has 0 spiro atoms. The number of aromatic nitrogens is 2. The summed E-state index contributed by atoms with van der Waals surface area (Å²) in [6.07, 6.45) is -0.741. The quantitative estimate of drug-likeness (QED) is 0.0583. The lowest BCUT2D eigenvalue weighted by Gasteiger charge is -2.18. The fourth-order valence-electron chi connectivity index (χ4n) is 6.07. The number of H-pyrrole nitrogens is 1. The summed E-state index contributed by atoms with van der Waals surface area (Å²) < 4.78 is 23.4. The Balaban J connectivity index is 1.34. The first kappa shape index (κ1) is 30.6. The summed E-state index contributed by atoms with van der Waals surface area (Å²) in [6, 6.07) is 15.8. The molecule has 1 amide bonds. The normalized spacial score (nSPS) is 13.9. The van der Waals surface area contributed by atoms with Crippen LogP contribution in [0.15, 0.2) is 54.6 Å². The molecule has 0 radical (unpaired) electrons. The van der Waals surface area contributed by atoms with Gasteiger partial charge < -0.3 is 38.9 Å². The van der Waals surface area contributed by atoms with E-state index in [1.807, 2.05) is 29.2 Å². The van der Waals surface area contributed by atoms with Crippen molar-refractivity contribution >= 4 is 62.3 Å². The Kier molecular flexibility index (Phi) is 8.09. The van der Waals surface area contributed by atoms with Gasteiger partial charge in [-0.05, 0) is 40.1 Å². The van der Waals surface area contributed by atoms with Gasteiger partial charge in [0.15, 0.2) is 23.9 Å². The van der Waals surface area contributed by atoms with E-state index in [9.17, 15) is 19.7 Å². The maximum atomic E-state index is 14.2. The van der Waals surface area contributed by atoms with Gasteiger partial charge in [0, 0.05) is 29.1 Å². The van der Waals surface area contributed by atoms with E-state index in [0.717, 1.165) is 16.3 Å². The molecule has 46 heavy (non-hydrogen) atoms. The number of methoxy groups -OCH3 is 3. The second kappa shape index (κ2) is 12.2. The molecule has 3 aromatic carbocycles. The number of halogens is 1. The number of aromatic amines is 1. The Bertz CT molecular complexity index is 2020. The molecule has 14 heteroatoms. The van der Waals surface area contributed by atoms with Crippen LogP contribution in [0.2, 0.25) is 0 Å². The van der Waals surface area contributed by atoms with Crippen molar-refractivity contribution in [2.45, 2.75) is 12.5 Å². The molecule has 1 atom stereocenters. The predicted molar refractivity (Wildman–Crippen MR) is 173 cm³/mol. The average molecular weight is 648 g/mol. The molecule has 0 saturated heterocycles. The van der Waals surface area contributed by atoms with E-state index in [0.29, 0.717) is 57.5 Å². The first-order valence-electron chi connectivity index (χ1n) is 14.2. The molecule has 1 aliphatic rings. The minimum Gasteiger partial charge on any atom is -0.493 e. The third-order valence-corrected chi connectivity index (χ3v) is 8.57. The van der Waals surface area contributed by atoms with E-state index >= 15 is 0 Å². The number of benzene rings is 3. The van der Waals surface area contributed by atoms with Gasteiger partial charge in [-0.15, -0.1) is 11.6 Å². The van der Waals surface area contributed by atoms with E-state index in [-0.39, 0.29) is 24.2 Å². The fraction of sp³-hybridized carbons (Fsp3) is 0.250. The zero-order chi connectivity index (χ0) is 32.7. The van der Waals surface area contributed by atoms with Crippen LogP contribution >= 0.6 is 11.6 Å². The molecule has 0 saturated carbocycles. The molecule has 1 unspecified atom stereocenters. The summed E-state index contributed by atoms with van der Waals surface area (Å²) in [5, 5.41) is 16.2. The van der Waals surface area contributed by atoms with Gasteiger partial charge in [0.1, 0.15) is 5.69 Å². The molecule has 0 fully saturated rings. The highest BCUT2D eigenvalue weighted by molar-refractivity contribution is 6.20. The monoisotopic (exact) mass is 647 g/mol. The van der Waals surface area contributed by atoms with E-state index in [4.69, 9.17) is 30.5 Å². The first-order valence-corrected chi connectivity index (χ1v) is 14.7. The summed E-state index contributed by atoms with van der Waals surface area (Å²) in [5.74, 6) is 0.470. The van der Waals surface area contributed by atoms with Gasteiger partial charge in [-0.1, -0.05) is 24.3 Å². The smallest absolute Gasteiger partial charge is 0.412 e. The molecule has 5 aromatic rings. The minimum absolute atomic E-state index is 0.111. The van der Waals surface area contributed by atoms with Gasteiger partial charge >= 0.3 is 11.9 Å². The number of nitrogens with one attached hydrogen (secondary N) is 2. The van der Waals surface area contributed by atoms with Crippen molar-refractivity contribution in [3.05, 3.63) is 81.7 Å². The number of carbonyl (C=O) groups excluding carboxylic acids is 2. The van der Waals surface area contributed by atoms with Crippen molar-refractivity contribution < 1.29 is 33.5 Å². The average Bonchev–Trinajstić information content (AvgIpc) is 3.77. The topological polar surface area (TPSA) is 150 Å². The van der Waals surface area contributed by atoms with Gasteiger partial charge in [-0.2, -0.15) is 0 Å². The van der Waals surface area contributed by atoms with Crippen LogP contribution in [0.3, 0.4) is 0 Å². The largest absolute Gasteiger partial charge is 0.493 e. The Hall–Kier alpha value is -5.43. The molecule has 238 valence electrons. The molecule has 2 aromatic heterocycles. The highest BCUT2D eigenvalue weighted by Crippen LogP contribution is 2.47. The van der Waals surface area contributed by atoms with E-state index in [1.165, 1.54) is 45.1 Å². The number of Topliss-reactive ketones (excluding diaryl/α,β-unsaturated/α-hetero) is 1. The zero-order valence-electron chi connectivity index (χ0n) is 25.4. The van der Waals surface area contributed by atoms with Crippen molar-refractivity contribution in [1.29, 1.82) is 0 Å². The first-order chi connectivity index (χ1) is 22.2. The van der Waals surface area contributed by atoms with Crippen LogP contribution in [-0.4, -0.2) is 60.2 Å². The number of nitro groups is 1. The zero-order valence-corrected chi connectivity index (χ0v) is 26.1. The van der Waals surface area contributed by atoms with Gasteiger partial charge in [0.2, 0.25) is 5.75 Å². The van der Waals surface area contributed by atoms with E-state index in [2.05, 4.69) is 10.3 Å². The standard InChI is InChI=1S/C32H30ClN5O8/c1-36-18(9-10-26(36)38(41)42)15-46-32(40)35-22-13-24-27(20-8-6-5-7-19(20)22)21(14-37(24)16-33)29(39)23-11-17-12-25(43-2)30(44-3)31(45-4)28(17)34-23/h5-13,21,34H,14-16H2,1-4H3,(H,35,40). The van der Waals surface area contributed by atoms with Crippen LogP contribution in [0.5, 0.6) is 17.2 Å². The molecule has 0 bridgehead atoms. The number of rotatable bonds is 10. The number of hydrogen-bond acceptors (Lipinski definition) is 9. The summed E-state index contributed by atoms with van der Waals surface area (Å²) >= 11 is 6.39. The van der Waals surface area contributed by atoms with Crippen molar-refractivity contribution in [3.63, 3.8) is 0 Å². The lowest BCUT2D eigenvalue weighted by molar-refractivity contribution is -0.391.